The normalized spacial score (nSPS) is 16.4. The molecule has 3 aromatic rings. The van der Waals surface area contributed by atoms with Crippen LogP contribution in [0.25, 0.3) is 11.5 Å². The van der Waals surface area contributed by atoms with E-state index < -0.39 is 10.0 Å². The molecule has 1 aliphatic carbocycles. The number of benzene rings is 1. The first-order valence-electron chi connectivity index (χ1n) is 10.9. The van der Waals surface area contributed by atoms with Crippen LogP contribution in [0.3, 0.4) is 0 Å². The smallest absolute Gasteiger partial charge is 0.247 e. The van der Waals surface area contributed by atoms with Gasteiger partial charge in [0, 0.05) is 24.8 Å². The molecular formula is C23H28N4O3S2. The van der Waals surface area contributed by atoms with Crippen LogP contribution in [0.5, 0.6) is 0 Å². The Morgan fingerprint density at radius 1 is 1.12 bits per heavy atom. The Morgan fingerprint density at radius 3 is 2.59 bits per heavy atom. The fourth-order valence-electron chi connectivity index (χ4n) is 3.92. The van der Waals surface area contributed by atoms with Gasteiger partial charge in [-0.1, -0.05) is 48.7 Å². The minimum absolute atomic E-state index is 0.0722. The predicted octanol–water partition coefficient (Wildman–Crippen LogP) is 5.25. The maximum atomic E-state index is 13.0. The molecule has 1 unspecified atom stereocenters. The van der Waals surface area contributed by atoms with E-state index in [4.69, 9.17) is 4.42 Å². The second kappa shape index (κ2) is 9.72. The standard InChI is InChI=1S/C23H28N4O3S2/c1-16-8-7-9-18(14-16)23-26-25-22(30-23)17(2)31-21-13-12-20(15-24-21)32(28,29)27(3)19-10-5-4-6-11-19/h7-9,12-15,17,19H,4-6,10-11H2,1-3H3. The highest BCUT2D eigenvalue weighted by Gasteiger charge is 2.29. The highest BCUT2D eigenvalue weighted by atomic mass is 32.2. The van der Waals surface area contributed by atoms with Crippen molar-refractivity contribution in [2.24, 2.45) is 0 Å². The lowest BCUT2D eigenvalue weighted by Crippen LogP contribution is -2.38. The molecule has 0 bridgehead atoms. The molecule has 1 atom stereocenters. The van der Waals surface area contributed by atoms with Crippen LogP contribution in [0.1, 0.15) is 55.7 Å². The fraction of sp³-hybridized carbons (Fsp3) is 0.435. The second-order valence-corrected chi connectivity index (χ2v) is 11.6. The first kappa shape index (κ1) is 22.9. The maximum Gasteiger partial charge on any atom is 0.247 e. The van der Waals surface area contributed by atoms with Gasteiger partial charge in [0.25, 0.3) is 0 Å². The number of aromatic nitrogens is 3. The number of rotatable bonds is 7. The molecule has 7 nitrogen and oxygen atoms in total. The van der Waals surface area contributed by atoms with Crippen molar-refractivity contribution in [2.45, 2.75) is 67.2 Å². The highest BCUT2D eigenvalue weighted by Crippen LogP contribution is 2.35. The molecule has 1 aliphatic rings. The zero-order valence-electron chi connectivity index (χ0n) is 18.6. The van der Waals surface area contributed by atoms with Crippen molar-refractivity contribution in [3.05, 3.63) is 54.0 Å². The van der Waals surface area contributed by atoms with Gasteiger partial charge in [-0.2, -0.15) is 4.31 Å². The average molecular weight is 473 g/mol. The number of thioether (sulfide) groups is 1. The Labute approximate surface area is 193 Å². The summed E-state index contributed by atoms with van der Waals surface area (Å²) in [6.45, 7) is 3.98. The molecule has 2 aromatic heterocycles. The Hall–Kier alpha value is -2.23. The maximum absolute atomic E-state index is 13.0. The van der Waals surface area contributed by atoms with E-state index in [1.807, 2.05) is 38.1 Å². The summed E-state index contributed by atoms with van der Waals surface area (Å²) in [6.07, 6.45) is 6.62. The van der Waals surface area contributed by atoms with Crippen LogP contribution < -0.4 is 0 Å². The van der Waals surface area contributed by atoms with Gasteiger partial charge in [-0.15, -0.1) is 10.2 Å². The lowest BCUT2D eigenvalue weighted by atomic mass is 9.96. The zero-order valence-corrected chi connectivity index (χ0v) is 20.2. The molecule has 32 heavy (non-hydrogen) atoms. The van der Waals surface area contributed by atoms with Gasteiger partial charge >= 0.3 is 0 Å². The average Bonchev–Trinajstić information content (AvgIpc) is 3.30. The van der Waals surface area contributed by atoms with E-state index in [-0.39, 0.29) is 16.2 Å². The number of hydrogen-bond donors (Lipinski definition) is 0. The van der Waals surface area contributed by atoms with Crippen molar-refractivity contribution in [1.82, 2.24) is 19.5 Å². The van der Waals surface area contributed by atoms with E-state index in [1.165, 1.54) is 28.7 Å². The molecule has 0 amide bonds. The molecule has 170 valence electrons. The molecule has 0 aliphatic heterocycles. The zero-order chi connectivity index (χ0) is 22.7. The number of nitrogens with zero attached hydrogens (tertiary/aromatic N) is 4. The number of aryl methyl sites for hydroxylation is 1. The second-order valence-electron chi connectivity index (χ2n) is 8.22. The number of sulfonamides is 1. The van der Waals surface area contributed by atoms with Crippen LogP contribution in [0.15, 0.2) is 56.9 Å². The van der Waals surface area contributed by atoms with Gasteiger partial charge in [0.15, 0.2) is 0 Å². The Morgan fingerprint density at radius 2 is 1.91 bits per heavy atom. The van der Waals surface area contributed by atoms with E-state index >= 15 is 0 Å². The summed E-state index contributed by atoms with van der Waals surface area (Å²) in [6, 6.07) is 11.3. The largest absolute Gasteiger partial charge is 0.419 e. The fourth-order valence-corrected chi connectivity index (χ4v) is 6.10. The molecule has 1 fully saturated rings. The molecule has 1 saturated carbocycles. The minimum Gasteiger partial charge on any atom is -0.419 e. The van der Waals surface area contributed by atoms with Gasteiger partial charge in [0.1, 0.15) is 4.90 Å². The number of pyridine rings is 1. The van der Waals surface area contributed by atoms with Crippen LogP contribution in [0.2, 0.25) is 0 Å². The van der Waals surface area contributed by atoms with Gasteiger partial charge in [-0.05, 0) is 51.0 Å². The van der Waals surface area contributed by atoms with Gasteiger partial charge in [0.2, 0.25) is 21.8 Å². The third kappa shape index (κ3) is 5.05. The van der Waals surface area contributed by atoms with Crippen molar-refractivity contribution in [3.63, 3.8) is 0 Å². The summed E-state index contributed by atoms with van der Waals surface area (Å²) >= 11 is 1.45. The van der Waals surface area contributed by atoms with Crippen LogP contribution in [-0.4, -0.2) is 41.0 Å². The lowest BCUT2D eigenvalue weighted by Gasteiger charge is -2.30. The van der Waals surface area contributed by atoms with Crippen molar-refractivity contribution in [2.75, 3.05) is 7.05 Å². The molecule has 2 heterocycles. The first-order chi connectivity index (χ1) is 15.3. The van der Waals surface area contributed by atoms with Gasteiger partial charge < -0.3 is 4.42 Å². The Bertz CT molecular complexity index is 1160. The summed E-state index contributed by atoms with van der Waals surface area (Å²) in [5, 5.41) is 8.92. The summed E-state index contributed by atoms with van der Waals surface area (Å²) in [7, 11) is -1.87. The third-order valence-electron chi connectivity index (χ3n) is 5.83. The van der Waals surface area contributed by atoms with Gasteiger partial charge in [-0.25, -0.2) is 13.4 Å². The first-order valence-corrected chi connectivity index (χ1v) is 13.2. The van der Waals surface area contributed by atoms with Gasteiger partial charge in [-0.3, -0.25) is 0 Å². The van der Waals surface area contributed by atoms with Crippen molar-refractivity contribution >= 4 is 21.8 Å². The van der Waals surface area contributed by atoms with Crippen molar-refractivity contribution < 1.29 is 12.8 Å². The van der Waals surface area contributed by atoms with Crippen molar-refractivity contribution in [1.29, 1.82) is 0 Å². The van der Waals surface area contributed by atoms with E-state index in [1.54, 1.807) is 19.2 Å². The highest BCUT2D eigenvalue weighted by molar-refractivity contribution is 7.99. The van der Waals surface area contributed by atoms with E-state index in [2.05, 4.69) is 15.2 Å². The van der Waals surface area contributed by atoms with Crippen LogP contribution in [0.4, 0.5) is 0 Å². The topological polar surface area (TPSA) is 89.2 Å². The van der Waals surface area contributed by atoms with E-state index in [9.17, 15) is 8.42 Å². The Kier molecular flexibility index (Phi) is 6.97. The number of hydrogen-bond acceptors (Lipinski definition) is 7. The molecule has 9 heteroatoms. The van der Waals surface area contributed by atoms with E-state index in [0.29, 0.717) is 16.8 Å². The molecule has 0 saturated heterocycles. The molecule has 4 rings (SSSR count). The molecule has 1 aromatic carbocycles. The molecule has 0 spiro atoms. The minimum atomic E-state index is -3.55. The monoisotopic (exact) mass is 472 g/mol. The summed E-state index contributed by atoms with van der Waals surface area (Å²) in [5.41, 5.74) is 2.01. The van der Waals surface area contributed by atoms with Crippen LogP contribution in [0, 0.1) is 6.92 Å². The summed E-state index contributed by atoms with van der Waals surface area (Å²) < 4.78 is 33.4. The predicted molar refractivity (Wildman–Crippen MR) is 125 cm³/mol. The summed E-state index contributed by atoms with van der Waals surface area (Å²) in [5.74, 6) is 0.985. The third-order valence-corrected chi connectivity index (χ3v) is 8.76. The quantitative estimate of drug-likeness (QED) is 0.434. The molecule has 0 radical (unpaired) electrons. The van der Waals surface area contributed by atoms with E-state index in [0.717, 1.165) is 36.8 Å². The summed E-state index contributed by atoms with van der Waals surface area (Å²) in [4.78, 5) is 4.61. The Balaban J connectivity index is 1.43. The lowest BCUT2D eigenvalue weighted by molar-refractivity contribution is 0.285. The van der Waals surface area contributed by atoms with Gasteiger partial charge in [0.05, 0.1) is 10.3 Å². The van der Waals surface area contributed by atoms with Crippen molar-refractivity contribution in [3.8, 4) is 11.5 Å². The molecule has 0 N–H and O–H groups in total. The SMILES string of the molecule is Cc1cccc(-c2nnc(C(C)Sc3ccc(S(=O)(=O)N(C)C4CCCCC4)cn3)o2)c1. The van der Waals surface area contributed by atoms with Crippen LogP contribution in [-0.2, 0) is 10.0 Å². The molecular weight excluding hydrogens is 444 g/mol. The van der Waals surface area contributed by atoms with Crippen LogP contribution >= 0.6 is 11.8 Å².